The molecule has 0 bridgehead atoms. The molecule has 0 unspecified atom stereocenters. The number of unbranched alkanes of at least 4 members (excludes halogenated alkanes) is 56. The van der Waals surface area contributed by atoms with Crippen LogP contribution in [-0.2, 0) is 38.1 Å². The molecule has 0 aliphatic rings. The van der Waals surface area contributed by atoms with E-state index in [0.717, 1.165) is 77.0 Å². The zero-order valence-electron chi connectivity index (χ0n) is 55.0. The van der Waals surface area contributed by atoms with E-state index in [1.165, 1.54) is 283 Å². The number of ether oxygens (including phenoxy) is 4. The van der Waals surface area contributed by atoms with Crippen LogP contribution in [0, 0.1) is 0 Å². The largest absolute Gasteiger partial charge is 0.619 e. The number of hydrogen-bond acceptors (Lipinski definition) is 8. The summed E-state index contributed by atoms with van der Waals surface area (Å²) in [6.07, 6.45) is 69.9. The van der Waals surface area contributed by atoms with Gasteiger partial charge in [0.15, 0.2) is 0 Å². The molecule has 0 aliphatic heterocycles. The third kappa shape index (κ3) is 60.8. The Bertz CT molecular complexity index is 1120. The smallest absolute Gasteiger partial charge is 0.352 e. The Labute approximate surface area is 504 Å². The van der Waals surface area contributed by atoms with E-state index in [9.17, 15) is 19.2 Å². The first kappa shape index (κ1) is 78.9. The normalized spacial score (nSPS) is 11.6. The van der Waals surface area contributed by atoms with Crippen LogP contribution < -0.4 is 0 Å². The highest BCUT2D eigenvalue weighted by molar-refractivity contribution is 5.75. The molecule has 0 fully saturated rings. The molecule has 8 heteroatoms. The second kappa shape index (κ2) is 65.4. The van der Waals surface area contributed by atoms with E-state index >= 15 is 0 Å². The van der Waals surface area contributed by atoms with Crippen LogP contribution in [0.4, 0.5) is 0 Å². The molecule has 0 radical (unpaired) electrons. The first-order chi connectivity index (χ1) is 39.8. The zero-order valence-corrected chi connectivity index (χ0v) is 55.0. The first-order valence-electron chi connectivity index (χ1n) is 36.7. The van der Waals surface area contributed by atoms with Crippen LogP contribution in [0.3, 0.4) is 0 Å². The number of rotatable bonds is 68. The number of carbonyl (C=O) groups is 4. The lowest BCUT2D eigenvalue weighted by atomic mass is 10.0. The Balaban J connectivity index is 5.44. The fourth-order valence-electron chi connectivity index (χ4n) is 11.4. The van der Waals surface area contributed by atoms with Crippen molar-refractivity contribution < 1.29 is 38.1 Å². The maximum Gasteiger partial charge on any atom is 0.619 e. The standard InChI is InChI=1S/C73H140O8/c1-5-9-13-17-21-25-29-33-37-41-45-49-53-57-61-65-69(74)78-73(79-70(75)66-62-58-54-50-46-42-38-34-30-26-22-18-14-10-6-2,80-71(76)67-63-59-55-51-47-43-39-35-31-27-23-19-15-11-7-3)81-72(77)68-64-60-56-52-48-44-40-36-32-28-24-20-16-12-8-4/h5-68H2,1-4H3. The van der Waals surface area contributed by atoms with Crippen molar-refractivity contribution in [2.45, 2.75) is 445 Å². The van der Waals surface area contributed by atoms with Crippen molar-refractivity contribution in [2.75, 3.05) is 0 Å². The van der Waals surface area contributed by atoms with E-state index in [0.29, 0.717) is 25.7 Å². The summed E-state index contributed by atoms with van der Waals surface area (Å²) in [5, 5.41) is 0. The SMILES string of the molecule is CCCCCCCCCCCCCCCCCC(=O)OC(OC(=O)CCCCCCCCCCCCCCCCC)(OC(=O)CCCCCCCCCCCCCCCCC)OC(=O)CCCCCCCCCCCCCCCCC. The maximum absolute atomic E-state index is 13.7. The summed E-state index contributed by atoms with van der Waals surface area (Å²) in [4.78, 5) is 54.7. The molecule has 0 N–H and O–H groups in total. The van der Waals surface area contributed by atoms with E-state index < -0.39 is 30.0 Å². The highest BCUT2D eigenvalue weighted by Gasteiger charge is 2.49. The first-order valence-corrected chi connectivity index (χ1v) is 36.7. The summed E-state index contributed by atoms with van der Waals surface area (Å²) in [6.45, 7) is 9.08. The molecule has 0 aromatic rings. The molecule has 0 spiro atoms. The van der Waals surface area contributed by atoms with Crippen LogP contribution in [0.5, 0.6) is 0 Å². The lowest BCUT2D eigenvalue weighted by Crippen LogP contribution is -2.48. The molecule has 0 amide bonds. The van der Waals surface area contributed by atoms with Crippen molar-refractivity contribution in [3.8, 4) is 0 Å². The van der Waals surface area contributed by atoms with Crippen molar-refractivity contribution in [1.82, 2.24) is 0 Å². The average Bonchev–Trinajstić information content (AvgIpc) is 3.45. The molecule has 0 aromatic carbocycles. The van der Waals surface area contributed by atoms with E-state index in [4.69, 9.17) is 18.9 Å². The van der Waals surface area contributed by atoms with Gasteiger partial charge in [0, 0.05) is 25.7 Å². The fourth-order valence-corrected chi connectivity index (χ4v) is 11.4. The number of carbonyl (C=O) groups excluding carboxylic acids is 4. The molecule has 0 aliphatic carbocycles. The van der Waals surface area contributed by atoms with E-state index in [-0.39, 0.29) is 25.7 Å². The molecule has 0 aromatic heterocycles. The van der Waals surface area contributed by atoms with Gasteiger partial charge in [-0.15, -0.1) is 0 Å². The van der Waals surface area contributed by atoms with Gasteiger partial charge in [0.05, 0.1) is 0 Å². The maximum atomic E-state index is 13.7. The molecule has 0 atom stereocenters. The van der Waals surface area contributed by atoms with Crippen molar-refractivity contribution in [3.05, 3.63) is 0 Å². The van der Waals surface area contributed by atoms with Gasteiger partial charge < -0.3 is 18.9 Å². The Morgan fingerprint density at radius 2 is 0.272 bits per heavy atom. The molecule has 0 saturated heterocycles. The van der Waals surface area contributed by atoms with Crippen LogP contribution in [0.15, 0.2) is 0 Å². The lowest BCUT2D eigenvalue weighted by molar-refractivity contribution is -0.432. The Morgan fingerprint density at radius 3 is 0.383 bits per heavy atom. The minimum Gasteiger partial charge on any atom is -0.352 e. The summed E-state index contributed by atoms with van der Waals surface area (Å²) in [7, 11) is 0. The Hall–Kier alpha value is -2.12. The van der Waals surface area contributed by atoms with Crippen LogP contribution in [0.2, 0.25) is 0 Å². The van der Waals surface area contributed by atoms with E-state index in [1.54, 1.807) is 0 Å². The molecule has 81 heavy (non-hydrogen) atoms. The van der Waals surface area contributed by atoms with Gasteiger partial charge in [0.1, 0.15) is 0 Å². The predicted molar refractivity (Wildman–Crippen MR) is 345 cm³/mol. The fraction of sp³-hybridized carbons (Fsp3) is 0.945. The molecular formula is C73H140O8. The lowest BCUT2D eigenvalue weighted by Gasteiger charge is -2.29. The van der Waals surface area contributed by atoms with Gasteiger partial charge in [-0.2, -0.15) is 0 Å². The number of hydrogen-bond donors (Lipinski definition) is 0. The van der Waals surface area contributed by atoms with Crippen LogP contribution >= 0.6 is 0 Å². The quantitative estimate of drug-likeness (QED) is 0.0337. The monoisotopic (exact) mass is 1150 g/mol. The highest BCUT2D eigenvalue weighted by Crippen LogP contribution is 2.26. The third-order valence-corrected chi connectivity index (χ3v) is 16.9. The summed E-state index contributed by atoms with van der Waals surface area (Å²) >= 11 is 0. The second-order valence-electron chi connectivity index (χ2n) is 25.2. The third-order valence-electron chi connectivity index (χ3n) is 16.9. The van der Waals surface area contributed by atoms with Crippen molar-refractivity contribution >= 4 is 23.9 Å². The number of esters is 4. The molecular weight excluding hydrogens is 1000 g/mol. The molecule has 480 valence electrons. The molecule has 0 heterocycles. The molecule has 0 saturated carbocycles. The Kier molecular flexibility index (Phi) is 63.7. The van der Waals surface area contributed by atoms with Gasteiger partial charge in [-0.1, -0.05) is 387 Å². The van der Waals surface area contributed by atoms with E-state index in [1.807, 2.05) is 0 Å². The van der Waals surface area contributed by atoms with Crippen LogP contribution in [0.25, 0.3) is 0 Å². The summed E-state index contributed by atoms with van der Waals surface area (Å²) < 4.78 is 23.1. The molecule has 8 nitrogen and oxygen atoms in total. The Morgan fingerprint density at radius 1 is 0.173 bits per heavy atom. The highest BCUT2D eigenvalue weighted by atomic mass is 17.0. The minimum absolute atomic E-state index is 0.0454. The van der Waals surface area contributed by atoms with Gasteiger partial charge in [-0.05, 0) is 25.7 Å². The summed E-state index contributed by atoms with van der Waals surface area (Å²) in [5.74, 6) is -2.82. The summed E-state index contributed by atoms with van der Waals surface area (Å²) in [5.41, 5.74) is 0. The zero-order chi connectivity index (χ0) is 58.9. The van der Waals surface area contributed by atoms with Crippen molar-refractivity contribution in [2.24, 2.45) is 0 Å². The predicted octanol–water partition coefficient (Wildman–Crippen LogP) is 24.8. The van der Waals surface area contributed by atoms with Crippen molar-refractivity contribution in [3.63, 3.8) is 0 Å². The van der Waals surface area contributed by atoms with Crippen LogP contribution in [0.1, 0.15) is 439 Å². The minimum atomic E-state index is -2.86. The van der Waals surface area contributed by atoms with Gasteiger partial charge >= 0.3 is 30.0 Å². The van der Waals surface area contributed by atoms with Crippen molar-refractivity contribution in [1.29, 1.82) is 0 Å². The van der Waals surface area contributed by atoms with Gasteiger partial charge in [0.25, 0.3) is 0 Å². The van der Waals surface area contributed by atoms with E-state index in [2.05, 4.69) is 27.7 Å². The topological polar surface area (TPSA) is 105 Å². The van der Waals surface area contributed by atoms with Gasteiger partial charge in [0.2, 0.25) is 0 Å². The summed E-state index contributed by atoms with van der Waals surface area (Å²) in [6, 6.07) is 0. The second-order valence-corrected chi connectivity index (χ2v) is 25.2. The van der Waals surface area contributed by atoms with Crippen LogP contribution in [-0.4, -0.2) is 30.0 Å². The van der Waals surface area contributed by atoms with Gasteiger partial charge in [-0.25, -0.2) is 0 Å². The molecule has 0 rings (SSSR count). The van der Waals surface area contributed by atoms with Gasteiger partial charge in [-0.3, -0.25) is 19.2 Å². The average molecular weight is 1150 g/mol.